The van der Waals surface area contributed by atoms with Crippen molar-refractivity contribution in [2.75, 3.05) is 32.6 Å². The quantitative estimate of drug-likeness (QED) is 0.652. The zero-order valence-electron chi connectivity index (χ0n) is 22.2. The molecular weight excluding hydrogens is 433 g/mol. The predicted molar refractivity (Wildman–Crippen MR) is 108 cm³/mol. The average Bonchev–Trinajstić information content (AvgIpc) is 2.78. The second kappa shape index (κ2) is 9.83. The van der Waals surface area contributed by atoms with Crippen molar-refractivity contribution in [2.45, 2.75) is 18.6 Å². The predicted octanol–water partition coefficient (Wildman–Crippen LogP) is 2.83. The number of nitrogens with one attached hydrogen (secondary N) is 1. The summed E-state index contributed by atoms with van der Waals surface area (Å²) < 4.78 is 105. The number of amidine groups is 1. The molecule has 2 heterocycles. The number of rotatable bonds is 7. The van der Waals surface area contributed by atoms with Crippen LogP contribution in [0.1, 0.15) is 19.4 Å². The van der Waals surface area contributed by atoms with Crippen molar-refractivity contribution in [2.24, 2.45) is 10.7 Å². The van der Waals surface area contributed by atoms with Crippen molar-refractivity contribution < 1.29 is 45.1 Å². The fourth-order valence-electron chi connectivity index (χ4n) is 2.97. The average molecular weight is 460 g/mol. The number of methoxy groups -OCH3 is 2. The fraction of sp³-hybridized carbons (Fsp3) is 0.350. The number of nitrogens with two attached hydrogens (primary N) is 1. The van der Waals surface area contributed by atoms with Gasteiger partial charge in [-0.1, -0.05) is 0 Å². The number of nitrogens with zero attached hydrogens (tertiary/aromatic N) is 2. The summed E-state index contributed by atoms with van der Waals surface area (Å²) in [5.74, 6) is -2.09. The van der Waals surface area contributed by atoms with Gasteiger partial charge in [0, 0.05) is 23.9 Å². The molecule has 3 N–H and O–H groups in total. The minimum absolute atomic E-state index is 0.168. The van der Waals surface area contributed by atoms with Crippen LogP contribution in [0, 0.1) is 5.82 Å². The van der Waals surface area contributed by atoms with Crippen LogP contribution < -0.4 is 20.5 Å². The van der Waals surface area contributed by atoms with Gasteiger partial charge in [-0.25, -0.2) is 22.9 Å². The Morgan fingerprint density at radius 3 is 2.97 bits per heavy atom. The molecule has 0 aliphatic carbocycles. The van der Waals surface area contributed by atoms with Crippen molar-refractivity contribution in [3.05, 3.63) is 47.4 Å². The third-order valence-electron chi connectivity index (χ3n) is 4.39. The maximum atomic E-state index is 14.6. The standard InChI is InChI=1S/C20H21F3N4O5/c1-29-8-11-5-13(30-2)7-25-17(11)32-19(28)26-12-3-4-15(21)14(6-12)20(18(22)23)10-31-9-16(24)27-20/h3-7,18H,8-10H2,1-2H3,(H2,24,27)(H,26,28)/i1D3,2D3. The van der Waals surface area contributed by atoms with Crippen LogP contribution in [0.2, 0.25) is 0 Å². The molecular formula is C20H21F3N4O5. The lowest BCUT2D eigenvalue weighted by Crippen LogP contribution is -2.45. The number of benzene rings is 1. The van der Waals surface area contributed by atoms with E-state index in [9.17, 15) is 18.0 Å². The second-order valence-electron chi connectivity index (χ2n) is 6.56. The van der Waals surface area contributed by atoms with Crippen LogP contribution in [-0.2, 0) is 21.6 Å². The Morgan fingerprint density at radius 2 is 2.25 bits per heavy atom. The van der Waals surface area contributed by atoms with Gasteiger partial charge in [-0.2, -0.15) is 0 Å². The monoisotopic (exact) mass is 460 g/mol. The van der Waals surface area contributed by atoms with E-state index < -0.39 is 62.6 Å². The van der Waals surface area contributed by atoms with Crippen molar-refractivity contribution >= 4 is 17.6 Å². The molecule has 0 fully saturated rings. The molecule has 0 spiro atoms. The van der Waals surface area contributed by atoms with Crippen LogP contribution in [0.3, 0.4) is 0 Å². The molecule has 1 aromatic carbocycles. The van der Waals surface area contributed by atoms with E-state index in [-0.39, 0.29) is 29.4 Å². The molecule has 0 radical (unpaired) electrons. The number of anilines is 1. The molecule has 2 aromatic rings. The highest BCUT2D eigenvalue weighted by atomic mass is 19.3. The molecule has 9 nitrogen and oxygen atoms in total. The number of amides is 1. The van der Waals surface area contributed by atoms with Crippen molar-refractivity contribution in [1.82, 2.24) is 4.98 Å². The molecule has 1 aliphatic heterocycles. The van der Waals surface area contributed by atoms with E-state index in [1.165, 1.54) is 0 Å². The van der Waals surface area contributed by atoms with Crippen LogP contribution in [0.5, 0.6) is 11.6 Å². The molecule has 1 atom stereocenters. The molecule has 1 unspecified atom stereocenters. The van der Waals surface area contributed by atoms with Gasteiger partial charge in [0.05, 0.1) is 34.7 Å². The highest BCUT2D eigenvalue weighted by molar-refractivity contribution is 5.86. The number of hydrogen-bond acceptors (Lipinski definition) is 8. The smallest absolute Gasteiger partial charge is 0.418 e. The van der Waals surface area contributed by atoms with Gasteiger partial charge in [-0.3, -0.25) is 10.3 Å². The third-order valence-corrected chi connectivity index (χ3v) is 4.39. The highest BCUT2D eigenvalue weighted by Gasteiger charge is 2.46. The lowest BCUT2D eigenvalue weighted by Gasteiger charge is -2.33. The summed E-state index contributed by atoms with van der Waals surface area (Å²) in [5.41, 5.74) is 2.15. The molecule has 1 aliphatic rings. The first-order valence-corrected chi connectivity index (χ1v) is 8.89. The van der Waals surface area contributed by atoms with E-state index in [1.54, 1.807) is 0 Å². The summed E-state index contributed by atoms with van der Waals surface area (Å²) in [5, 5.41) is 2.21. The number of pyridine rings is 1. The first-order chi connectivity index (χ1) is 17.6. The minimum atomic E-state index is -3.21. The topological polar surface area (TPSA) is 117 Å². The maximum Gasteiger partial charge on any atom is 0.418 e. The minimum Gasteiger partial charge on any atom is -0.495 e. The van der Waals surface area contributed by atoms with Gasteiger partial charge >= 0.3 is 6.09 Å². The SMILES string of the molecule is [2H]C([2H])([2H])OCc1cc(OC([2H])([2H])[2H])cnc1OC(=O)Nc1ccc(F)c(C2(C(F)F)COCC(N)=N2)c1. The number of alkyl halides is 2. The summed E-state index contributed by atoms with van der Waals surface area (Å²) in [6.07, 6.45) is -3.54. The lowest BCUT2D eigenvalue weighted by atomic mass is 9.90. The van der Waals surface area contributed by atoms with Gasteiger partial charge in [-0.05, 0) is 24.3 Å². The normalized spacial score (nSPS) is 21.8. The summed E-state index contributed by atoms with van der Waals surface area (Å²) in [6, 6.07) is 3.84. The van der Waals surface area contributed by atoms with Gasteiger partial charge in [0.15, 0.2) is 5.54 Å². The van der Waals surface area contributed by atoms with Gasteiger partial charge in [0.2, 0.25) is 5.88 Å². The molecule has 1 amide bonds. The number of aromatic nitrogens is 1. The third kappa shape index (κ3) is 4.92. The Bertz CT molecular complexity index is 1210. The zero-order chi connectivity index (χ0) is 28.3. The summed E-state index contributed by atoms with van der Waals surface area (Å²) in [4.78, 5) is 20.0. The van der Waals surface area contributed by atoms with Crippen LogP contribution >= 0.6 is 0 Å². The van der Waals surface area contributed by atoms with E-state index in [0.29, 0.717) is 0 Å². The Balaban J connectivity index is 1.85. The molecule has 0 saturated carbocycles. The van der Waals surface area contributed by atoms with Crippen LogP contribution in [0.4, 0.5) is 23.7 Å². The summed E-state index contributed by atoms with van der Waals surface area (Å²) in [6.45, 7) is -1.56. The number of carbonyl (C=O) groups is 1. The number of halogens is 3. The highest BCUT2D eigenvalue weighted by Crippen LogP contribution is 2.38. The van der Waals surface area contributed by atoms with E-state index in [2.05, 4.69) is 20.0 Å². The van der Waals surface area contributed by atoms with E-state index >= 15 is 0 Å². The zero-order valence-corrected chi connectivity index (χ0v) is 16.2. The van der Waals surface area contributed by atoms with E-state index in [0.717, 1.165) is 30.5 Å². The largest absolute Gasteiger partial charge is 0.495 e. The Kier molecular flexibility index (Phi) is 5.00. The van der Waals surface area contributed by atoms with E-state index in [4.69, 9.17) is 28.2 Å². The Hall–Kier alpha value is -3.38. The second-order valence-corrected chi connectivity index (χ2v) is 6.56. The van der Waals surface area contributed by atoms with E-state index in [1.807, 2.05) is 0 Å². The van der Waals surface area contributed by atoms with Crippen molar-refractivity contribution in [3.8, 4) is 11.6 Å². The Morgan fingerprint density at radius 1 is 1.41 bits per heavy atom. The molecule has 172 valence electrons. The molecule has 0 saturated heterocycles. The molecule has 1 aromatic heterocycles. The van der Waals surface area contributed by atoms with Gasteiger partial charge in [0.25, 0.3) is 6.43 Å². The number of aliphatic imine (C=N–C) groups is 1. The number of ether oxygens (including phenoxy) is 4. The summed E-state index contributed by atoms with van der Waals surface area (Å²) >= 11 is 0. The molecule has 12 heteroatoms. The van der Waals surface area contributed by atoms with Crippen LogP contribution in [0.25, 0.3) is 0 Å². The van der Waals surface area contributed by atoms with Crippen LogP contribution in [-0.4, -0.2) is 50.6 Å². The number of carbonyl (C=O) groups excluding carboxylic acids is 1. The van der Waals surface area contributed by atoms with Gasteiger partial charge in [0.1, 0.15) is 24.0 Å². The molecule has 3 rings (SSSR count). The molecule has 0 bridgehead atoms. The first kappa shape index (κ1) is 16.3. The lowest BCUT2D eigenvalue weighted by molar-refractivity contribution is -0.0145. The van der Waals surface area contributed by atoms with Crippen molar-refractivity contribution in [1.29, 1.82) is 0 Å². The maximum absolute atomic E-state index is 14.6. The van der Waals surface area contributed by atoms with Crippen LogP contribution in [0.15, 0.2) is 35.5 Å². The first-order valence-electron chi connectivity index (χ1n) is 11.9. The fourth-order valence-corrected chi connectivity index (χ4v) is 2.97. The van der Waals surface area contributed by atoms with Crippen molar-refractivity contribution in [3.63, 3.8) is 0 Å². The van der Waals surface area contributed by atoms with Gasteiger partial charge < -0.3 is 24.7 Å². The Labute approximate surface area is 189 Å². The van der Waals surface area contributed by atoms with Gasteiger partial charge in [-0.15, -0.1) is 0 Å². The molecule has 32 heavy (non-hydrogen) atoms. The number of hydrogen-bond donors (Lipinski definition) is 2. The summed E-state index contributed by atoms with van der Waals surface area (Å²) in [7, 11) is -5.70.